The Morgan fingerprint density at radius 3 is 2.62 bits per heavy atom. The lowest BCUT2D eigenvalue weighted by Crippen LogP contribution is -2.34. The molecule has 0 bridgehead atoms. The third kappa shape index (κ3) is 3.88. The van der Waals surface area contributed by atoms with Crippen LogP contribution in [0.1, 0.15) is 24.5 Å². The standard InChI is InChI=1S/C23H24N2O4/c1-2-16-7-9-19(10-8-16)25-14-18(13-21(25)26)23(28)29-15-22(27)24-12-11-17-5-3-4-6-20(17)24/h3-10,18H,2,11-15H2,1H3/t18-/m0/s1. The number of para-hydroxylation sites is 1. The predicted molar refractivity (Wildman–Crippen MR) is 110 cm³/mol. The molecule has 2 aliphatic heterocycles. The normalized spacial score (nSPS) is 18.1. The number of nitrogens with zero attached hydrogens (tertiary/aromatic N) is 2. The van der Waals surface area contributed by atoms with Gasteiger partial charge >= 0.3 is 5.97 Å². The molecule has 0 N–H and O–H groups in total. The number of aryl methyl sites for hydroxylation is 1. The molecule has 2 amide bonds. The Morgan fingerprint density at radius 1 is 1.10 bits per heavy atom. The van der Waals surface area contributed by atoms with Gasteiger partial charge in [-0.3, -0.25) is 14.4 Å². The summed E-state index contributed by atoms with van der Waals surface area (Å²) in [4.78, 5) is 40.6. The predicted octanol–water partition coefficient (Wildman–Crippen LogP) is 2.73. The highest BCUT2D eigenvalue weighted by molar-refractivity contribution is 6.00. The summed E-state index contributed by atoms with van der Waals surface area (Å²) in [5, 5.41) is 0. The van der Waals surface area contributed by atoms with Gasteiger partial charge in [0.05, 0.1) is 5.92 Å². The van der Waals surface area contributed by atoms with Gasteiger partial charge in [-0.15, -0.1) is 0 Å². The first-order valence-electron chi connectivity index (χ1n) is 10.0. The molecular formula is C23H24N2O4. The number of benzene rings is 2. The van der Waals surface area contributed by atoms with Crippen molar-refractivity contribution in [1.82, 2.24) is 0 Å². The summed E-state index contributed by atoms with van der Waals surface area (Å²) >= 11 is 0. The van der Waals surface area contributed by atoms with Crippen LogP contribution in [0.2, 0.25) is 0 Å². The van der Waals surface area contributed by atoms with E-state index in [4.69, 9.17) is 4.74 Å². The number of amides is 2. The van der Waals surface area contributed by atoms with Gasteiger partial charge in [0.1, 0.15) is 0 Å². The monoisotopic (exact) mass is 392 g/mol. The van der Waals surface area contributed by atoms with Crippen LogP contribution in [0.15, 0.2) is 48.5 Å². The topological polar surface area (TPSA) is 66.9 Å². The second kappa shape index (κ2) is 8.07. The van der Waals surface area contributed by atoms with Crippen molar-refractivity contribution in [3.05, 3.63) is 59.7 Å². The van der Waals surface area contributed by atoms with Gasteiger partial charge in [-0.2, -0.15) is 0 Å². The van der Waals surface area contributed by atoms with E-state index in [1.54, 1.807) is 9.80 Å². The van der Waals surface area contributed by atoms with Crippen LogP contribution in [0.4, 0.5) is 11.4 Å². The highest BCUT2D eigenvalue weighted by atomic mass is 16.5. The van der Waals surface area contributed by atoms with Gasteiger partial charge < -0.3 is 14.5 Å². The molecule has 2 aromatic rings. The molecule has 0 spiro atoms. The lowest BCUT2D eigenvalue weighted by Gasteiger charge is -2.18. The Balaban J connectivity index is 1.33. The van der Waals surface area contributed by atoms with Crippen LogP contribution in [0.5, 0.6) is 0 Å². The summed E-state index contributed by atoms with van der Waals surface area (Å²) in [6.45, 7) is 2.65. The second-order valence-electron chi connectivity index (χ2n) is 7.46. The molecule has 0 radical (unpaired) electrons. The van der Waals surface area contributed by atoms with E-state index >= 15 is 0 Å². The molecule has 1 atom stereocenters. The molecule has 2 aliphatic rings. The molecule has 4 rings (SSSR count). The van der Waals surface area contributed by atoms with Crippen molar-refractivity contribution in [1.29, 1.82) is 0 Å². The number of hydrogen-bond donors (Lipinski definition) is 0. The average Bonchev–Trinajstić information content (AvgIpc) is 3.35. The molecule has 2 aromatic carbocycles. The zero-order valence-corrected chi connectivity index (χ0v) is 16.5. The Morgan fingerprint density at radius 2 is 1.86 bits per heavy atom. The van der Waals surface area contributed by atoms with E-state index in [9.17, 15) is 14.4 Å². The van der Waals surface area contributed by atoms with Crippen molar-refractivity contribution in [2.75, 3.05) is 29.5 Å². The van der Waals surface area contributed by atoms with Crippen LogP contribution in [0, 0.1) is 5.92 Å². The maximum absolute atomic E-state index is 12.5. The van der Waals surface area contributed by atoms with E-state index in [0.29, 0.717) is 6.54 Å². The number of hydrogen-bond acceptors (Lipinski definition) is 4. The van der Waals surface area contributed by atoms with Crippen LogP contribution in [0.3, 0.4) is 0 Å². The number of esters is 1. The Labute approximate surface area is 170 Å². The maximum atomic E-state index is 12.5. The maximum Gasteiger partial charge on any atom is 0.311 e. The minimum Gasteiger partial charge on any atom is -0.455 e. The van der Waals surface area contributed by atoms with Crippen molar-refractivity contribution in [3.63, 3.8) is 0 Å². The fourth-order valence-corrected chi connectivity index (χ4v) is 3.95. The van der Waals surface area contributed by atoms with Crippen LogP contribution in [-0.4, -0.2) is 37.5 Å². The largest absolute Gasteiger partial charge is 0.455 e. The number of anilines is 2. The molecule has 6 nitrogen and oxygen atoms in total. The molecule has 0 aliphatic carbocycles. The Hall–Kier alpha value is -3.15. The van der Waals surface area contributed by atoms with Crippen molar-refractivity contribution < 1.29 is 19.1 Å². The lowest BCUT2D eigenvalue weighted by molar-refractivity contribution is -0.151. The SMILES string of the molecule is CCc1ccc(N2C[C@@H](C(=O)OCC(=O)N3CCc4ccccc43)CC2=O)cc1. The molecule has 0 saturated carbocycles. The first-order chi connectivity index (χ1) is 14.1. The fraction of sp³-hybridized carbons (Fsp3) is 0.348. The molecular weight excluding hydrogens is 368 g/mol. The molecule has 1 saturated heterocycles. The summed E-state index contributed by atoms with van der Waals surface area (Å²) in [6, 6.07) is 15.5. The third-order valence-electron chi connectivity index (χ3n) is 5.64. The Kier molecular flexibility index (Phi) is 5.34. The quantitative estimate of drug-likeness (QED) is 0.734. The van der Waals surface area contributed by atoms with Gasteiger partial charge in [-0.25, -0.2) is 0 Å². The number of carbonyl (C=O) groups excluding carboxylic acids is 3. The lowest BCUT2D eigenvalue weighted by atomic mass is 10.1. The molecule has 1 fully saturated rings. The van der Waals surface area contributed by atoms with Crippen molar-refractivity contribution >= 4 is 29.2 Å². The van der Waals surface area contributed by atoms with E-state index in [2.05, 4.69) is 6.92 Å². The minimum atomic E-state index is -0.549. The van der Waals surface area contributed by atoms with Crippen LogP contribution < -0.4 is 9.80 Å². The first-order valence-corrected chi connectivity index (χ1v) is 10.0. The zero-order chi connectivity index (χ0) is 20.4. The van der Waals surface area contributed by atoms with Crippen molar-refractivity contribution in [2.24, 2.45) is 5.92 Å². The van der Waals surface area contributed by atoms with E-state index in [0.717, 1.165) is 29.8 Å². The van der Waals surface area contributed by atoms with Gasteiger partial charge in [0.15, 0.2) is 6.61 Å². The summed E-state index contributed by atoms with van der Waals surface area (Å²) in [5.41, 5.74) is 3.98. The fourth-order valence-electron chi connectivity index (χ4n) is 3.95. The first kappa shape index (κ1) is 19.2. The van der Waals surface area contributed by atoms with Gasteiger partial charge in [0.2, 0.25) is 5.91 Å². The van der Waals surface area contributed by atoms with Gasteiger partial charge in [0.25, 0.3) is 5.91 Å². The van der Waals surface area contributed by atoms with E-state index in [1.165, 1.54) is 5.56 Å². The molecule has 2 heterocycles. The number of carbonyl (C=O) groups is 3. The van der Waals surface area contributed by atoms with Crippen LogP contribution >= 0.6 is 0 Å². The number of fused-ring (bicyclic) bond motifs is 1. The van der Waals surface area contributed by atoms with E-state index < -0.39 is 11.9 Å². The van der Waals surface area contributed by atoms with E-state index in [-0.39, 0.29) is 31.4 Å². The van der Waals surface area contributed by atoms with Crippen LogP contribution in [-0.2, 0) is 32.0 Å². The second-order valence-corrected chi connectivity index (χ2v) is 7.46. The summed E-state index contributed by atoms with van der Waals surface area (Å²) < 4.78 is 5.28. The average molecular weight is 392 g/mol. The zero-order valence-electron chi connectivity index (χ0n) is 16.5. The minimum absolute atomic E-state index is 0.101. The summed E-state index contributed by atoms with van der Waals surface area (Å²) in [6.07, 6.45) is 1.84. The van der Waals surface area contributed by atoms with E-state index in [1.807, 2.05) is 48.5 Å². The third-order valence-corrected chi connectivity index (χ3v) is 5.64. The molecule has 29 heavy (non-hydrogen) atoms. The molecule has 150 valence electrons. The van der Waals surface area contributed by atoms with Gasteiger partial charge in [-0.05, 0) is 42.2 Å². The highest BCUT2D eigenvalue weighted by Gasteiger charge is 2.36. The van der Waals surface area contributed by atoms with Gasteiger partial charge in [-0.1, -0.05) is 37.3 Å². The number of ether oxygens (including phenoxy) is 1. The molecule has 6 heteroatoms. The number of rotatable bonds is 5. The van der Waals surface area contributed by atoms with Gasteiger partial charge in [0, 0.05) is 30.9 Å². The summed E-state index contributed by atoms with van der Waals surface area (Å²) in [7, 11) is 0. The Bertz CT molecular complexity index is 938. The van der Waals surface area contributed by atoms with Crippen LogP contribution in [0.25, 0.3) is 0 Å². The van der Waals surface area contributed by atoms with Crippen molar-refractivity contribution in [2.45, 2.75) is 26.2 Å². The summed E-state index contributed by atoms with van der Waals surface area (Å²) in [5.74, 6) is -1.38. The van der Waals surface area contributed by atoms with Crippen molar-refractivity contribution in [3.8, 4) is 0 Å². The smallest absolute Gasteiger partial charge is 0.311 e. The highest BCUT2D eigenvalue weighted by Crippen LogP contribution is 2.28. The molecule has 0 aromatic heterocycles. The molecule has 0 unspecified atom stereocenters.